The van der Waals surface area contributed by atoms with E-state index in [1.165, 1.54) is 6.07 Å². The predicted octanol–water partition coefficient (Wildman–Crippen LogP) is 2.66. The van der Waals surface area contributed by atoms with E-state index in [0.29, 0.717) is 12.4 Å². The number of rotatable bonds is 5. The highest BCUT2D eigenvalue weighted by Crippen LogP contribution is 2.20. The fourth-order valence-electron chi connectivity index (χ4n) is 1.38. The minimum Gasteiger partial charge on any atom is -0.370 e. The average Bonchev–Trinajstić information content (AvgIpc) is 2.26. The fourth-order valence-corrected chi connectivity index (χ4v) is 1.58. The minimum absolute atomic E-state index is 0.112. The molecule has 0 spiro atoms. The Morgan fingerprint density at radius 1 is 1.53 bits per heavy atom. The van der Waals surface area contributed by atoms with E-state index in [2.05, 4.69) is 0 Å². The molecule has 0 amide bonds. The number of nitro groups is 1. The first-order valence-corrected chi connectivity index (χ1v) is 5.28. The summed E-state index contributed by atoms with van der Waals surface area (Å²) in [4.78, 5) is 12.2. The maximum Gasteiger partial charge on any atom is 0.271 e. The number of halogens is 1. The lowest BCUT2D eigenvalue weighted by atomic mass is 10.2. The quantitative estimate of drug-likeness (QED) is 0.442. The predicted molar refractivity (Wildman–Crippen MR) is 61.7 cm³/mol. The fraction of sp³-hybridized carbons (Fsp3) is 0.400. The van der Waals surface area contributed by atoms with E-state index in [-0.39, 0.29) is 5.69 Å². The molecule has 0 fully saturated rings. The zero-order valence-corrected chi connectivity index (χ0v) is 9.28. The van der Waals surface area contributed by atoms with Crippen molar-refractivity contribution in [1.82, 2.24) is 0 Å². The Morgan fingerprint density at radius 2 is 2.27 bits per heavy atom. The van der Waals surface area contributed by atoms with Gasteiger partial charge in [0.05, 0.1) is 4.92 Å². The van der Waals surface area contributed by atoms with Gasteiger partial charge in [-0.25, -0.2) is 0 Å². The molecule has 4 nitrogen and oxygen atoms in total. The van der Waals surface area contributed by atoms with Gasteiger partial charge >= 0.3 is 0 Å². The molecule has 0 aromatic heterocycles. The van der Waals surface area contributed by atoms with Crippen molar-refractivity contribution in [3.8, 4) is 0 Å². The average molecular weight is 229 g/mol. The smallest absolute Gasteiger partial charge is 0.271 e. The summed E-state index contributed by atoms with van der Waals surface area (Å²) in [5.41, 5.74) is 0.952. The van der Waals surface area contributed by atoms with Gasteiger partial charge < -0.3 is 4.90 Å². The largest absolute Gasteiger partial charge is 0.370 e. The molecular formula is C10H13ClN2O2. The zero-order chi connectivity index (χ0) is 11.3. The van der Waals surface area contributed by atoms with Crippen molar-refractivity contribution in [1.29, 1.82) is 0 Å². The van der Waals surface area contributed by atoms with Crippen LogP contribution < -0.4 is 4.90 Å². The third-order valence-corrected chi connectivity index (χ3v) is 2.31. The third-order valence-electron chi connectivity index (χ3n) is 2.14. The van der Waals surface area contributed by atoms with Gasteiger partial charge in [0.1, 0.15) is 0 Å². The molecule has 5 heteroatoms. The van der Waals surface area contributed by atoms with Gasteiger partial charge in [0, 0.05) is 36.8 Å². The Balaban J connectivity index is 2.92. The van der Waals surface area contributed by atoms with Crippen LogP contribution >= 0.6 is 11.6 Å². The highest BCUT2D eigenvalue weighted by atomic mass is 35.5. The maximum absolute atomic E-state index is 10.6. The van der Waals surface area contributed by atoms with Gasteiger partial charge in [-0.3, -0.25) is 10.1 Å². The molecule has 15 heavy (non-hydrogen) atoms. The molecule has 0 heterocycles. The summed E-state index contributed by atoms with van der Waals surface area (Å²) < 4.78 is 0. The number of alkyl halides is 1. The summed E-state index contributed by atoms with van der Waals surface area (Å²) in [6, 6.07) is 6.58. The molecule has 0 aliphatic rings. The van der Waals surface area contributed by atoms with E-state index < -0.39 is 4.92 Å². The molecule has 0 unspecified atom stereocenters. The molecule has 1 aromatic rings. The normalized spacial score (nSPS) is 10.0. The molecule has 0 N–H and O–H groups in total. The van der Waals surface area contributed by atoms with Gasteiger partial charge in [0.15, 0.2) is 0 Å². The Kier molecular flexibility index (Phi) is 4.37. The van der Waals surface area contributed by atoms with Gasteiger partial charge in [0.25, 0.3) is 5.69 Å². The number of anilines is 1. The summed E-state index contributed by atoms with van der Waals surface area (Å²) in [6.45, 7) is 3.47. The van der Waals surface area contributed by atoms with E-state index in [9.17, 15) is 10.1 Å². The molecular weight excluding hydrogens is 216 g/mol. The molecule has 0 saturated carbocycles. The first-order chi connectivity index (χ1) is 7.19. The summed E-state index contributed by atoms with van der Waals surface area (Å²) in [7, 11) is 0. The van der Waals surface area contributed by atoms with Crippen molar-refractivity contribution in [3.63, 3.8) is 0 Å². The molecule has 1 aromatic carbocycles. The van der Waals surface area contributed by atoms with Crippen LogP contribution in [0.5, 0.6) is 0 Å². The van der Waals surface area contributed by atoms with E-state index in [1.54, 1.807) is 12.1 Å². The number of non-ortho nitro benzene ring substituents is 1. The highest BCUT2D eigenvalue weighted by molar-refractivity contribution is 6.18. The lowest BCUT2D eigenvalue weighted by Gasteiger charge is -2.21. The van der Waals surface area contributed by atoms with Crippen LogP contribution in [0.2, 0.25) is 0 Å². The Hall–Kier alpha value is -1.29. The molecule has 0 atom stereocenters. The van der Waals surface area contributed by atoms with Crippen LogP contribution in [0.4, 0.5) is 11.4 Å². The number of hydrogen-bond donors (Lipinski definition) is 0. The monoisotopic (exact) mass is 228 g/mol. The number of benzene rings is 1. The van der Waals surface area contributed by atoms with E-state index in [4.69, 9.17) is 11.6 Å². The SMILES string of the molecule is CCN(CCCl)c1cccc([N+](=O)[O-])c1. The van der Waals surface area contributed by atoms with Crippen molar-refractivity contribution in [3.05, 3.63) is 34.4 Å². The molecule has 0 radical (unpaired) electrons. The maximum atomic E-state index is 10.6. The van der Waals surface area contributed by atoms with E-state index in [1.807, 2.05) is 17.9 Å². The van der Waals surface area contributed by atoms with Gasteiger partial charge in [-0.15, -0.1) is 11.6 Å². The van der Waals surface area contributed by atoms with Gasteiger partial charge in [0.2, 0.25) is 0 Å². The molecule has 0 saturated heterocycles. The Morgan fingerprint density at radius 3 is 2.80 bits per heavy atom. The second kappa shape index (κ2) is 5.56. The summed E-state index contributed by atoms with van der Waals surface area (Å²) in [6.07, 6.45) is 0. The number of nitro benzene ring substituents is 1. The molecule has 1 rings (SSSR count). The first kappa shape index (κ1) is 11.8. The second-order valence-electron chi connectivity index (χ2n) is 3.05. The van der Waals surface area contributed by atoms with E-state index in [0.717, 1.165) is 12.2 Å². The van der Waals surface area contributed by atoms with Crippen LogP contribution in [-0.2, 0) is 0 Å². The lowest BCUT2D eigenvalue weighted by Crippen LogP contribution is -2.24. The number of hydrogen-bond acceptors (Lipinski definition) is 3. The number of nitrogens with zero attached hydrogens (tertiary/aromatic N) is 2. The van der Waals surface area contributed by atoms with Gasteiger partial charge in [-0.2, -0.15) is 0 Å². The van der Waals surface area contributed by atoms with Crippen molar-refractivity contribution in [2.75, 3.05) is 23.9 Å². The van der Waals surface area contributed by atoms with Crippen LogP contribution in [0.1, 0.15) is 6.92 Å². The van der Waals surface area contributed by atoms with Gasteiger partial charge in [-0.05, 0) is 13.0 Å². The van der Waals surface area contributed by atoms with Crippen molar-refractivity contribution < 1.29 is 4.92 Å². The Labute approximate surface area is 93.6 Å². The van der Waals surface area contributed by atoms with Crippen molar-refractivity contribution in [2.24, 2.45) is 0 Å². The molecule has 0 bridgehead atoms. The van der Waals surface area contributed by atoms with Crippen LogP contribution in [0, 0.1) is 10.1 Å². The zero-order valence-electron chi connectivity index (χ0n) is 8.52. The van der Waals surface area contributed by atoms with Crippen molar-refractivity contribution >= 4 is 23.0 Å². The molecule has 0 aliphatic carbocycles. The van der Waals surface area contributed by atoms with Crippen LogP contribution in [0.3, 0.4) is 0 Å². The summed E-state index contributed by atoms with van der Waals surface area (Å²) in [5, 5.41) is 10.6. The lowest BCUT2D eigenvalue weighted by molar-refractivity contribution is -0.384. The summed E-state index contributed by atoms with van der Waals surface area (Å²) >= 11 is 5.65. The Bertz CT molecular complexity index is 344. The van der Waals surface area contributed by atoms with Crippen LogP contribution in [0.15, 0.2) is 24.3 Å². The molecule has 0 aliphatic heterocycles. The van der Waals surface area contributed by atoms with Crippen LogP contribution in [0.25, 0.3) is 0 Å². The van der Waals surface area contributed by atoms with Crippen LogP contribution in [-0.4, -0.2) is 23.9 Å². The van der Waals surface area contributed by atoms with Gasteiger partial charge in [-0.1, -0.05) is 6.07 Å². The summed E-state index contributed by atoms with van der Waals surface area (Å²) in [5.74, 6) is 0.510. The topological polar surface area (TPSA) is 46.4 Å². The second-order valence-corrected chi connectivity index (χ2v) is 3.42. The minimum atomic E-state index is -0.391. The third kappa shape index (κ3) is 3.09. The van der Waals surface area contributed by atoms with E-state index >= 15 is 0 Å². The highest BCUT2D eigenvalue weighted by Gasteiger charge is 2.09. The molecule has 82 valence electrons. The van der Waals surface area contributed by atoms with Crippen molar-refractivity contribution in [2.45, 2.75) is 6.92 Å². The standard InChI is InChI=1S/C10H13ClN2O2/c1-2-12(7-6-11)9-4-3-5-10(8-9)13(14)15/h3-5,8H,2,6-7H2,1H3. The first-order valence-electron chi connectivity index (χ1n) is 4.74.